The van der Waals surface area contributed by atoms with Gasteiger partial charge >= 0.3 is 0 Å². The molecule has 2 N–H and O–H groups in total. The summed E-state index contributed by atoms with van der Waals surface area (Å²) in [6.45, 7) is 9.13. The summed E-state index contributed by atoms with van der Waals surface area (Å²) in [6.07, 6.45) is 0. The van der Waals surface area contributed by atoms with E-state index in [1.807, 2.05) is 18.2 Å². The highest BCUT2D eigenvalue weighted by atomic mass is 16.6. The average Bonchev–Trinajstić information content (AvgIpc) is 2.67. The highest BCUT2D eigenvalue weighted by Gasteiger charge is 2.20. The number of hydrogen-bond donors (Lipinski definition) is 2. The number of benzene rings is 2. The first kappa shape index (κ1) is 22.4. The van der Waals surface area contributed by atoms with Crippen LogP contribution in [0.1, 0.15) is 61.0 Å². The predicted molar refractivity (Wildman–Crippen MR) is 116 cm³/mol. The van der Waals surface area contributed by atoms with Crippen molar-refractivity contribution in [3.8, 4) is 0 Å². The second kappa shape index (κ2) is 10.0. The van der Waals surface area contributed by atoms with E-state index in [4.69, 9.17) is 4.74 Å². The van der Waals surface area contributed by atoms with Crippen LogP contribution in [-0.2, 0) is 4.74 Å². The van der Waals surface area contributed by atoms with E-state index >= 15 is 0 Å². The van der Waals surface area contributed by atoms with Crippen molar-refractivity contribution >= 4 is 23.0 Å². The molecule has 0 saturated heterocycles. The summed E-state index contributed by atoms with van der Waals surface area (Å²) in [4.78, 5) is 23.9. The maximum absolute atomic E-state index is 12.9. The van der Waals surface area contributed by atoms with Gasteiger partial charge in [-0.3, -0.25) is 14.9 Å². The number of anilines is 2. The molecule has 0 bridgehead atoms. The number of nitrogens with one attached hydrogen (secondary N) is 2. The standard InChI is InChI=1S/C22H29N3O4/c1-14(2)17-7-6-8-18(15(3)4)21(17)24-22(26)16-9-10-19(23-11-12-29-5)20(13-16)25(27)28/h6-10,13-15,23H,11-12H2,1-5H3,(H,24,26). The summed E-state index contributed by atoms with van der Waals surface area (Å²) < 4.78 is 4.96. The van der Waals surface area contributed by atoms with Crippen LogP contribution in [0.25, 0.3) is 0 Å². The fourth-order valence-corrected chi connectivity index (χ4v) is 3.14. The zero-order chi connectivity index (χ0) is 21.6. The van der Waals surface area contributed by atoms with E-state index in [0.29, 0.717) is 18.8 Å². The van der Waals surface area contributed by atoms with Crippen LogP contribution in [-0.4, -0.2) is 31.1 Å². The summed E-state index contributed by atoms with van der Waals surface area (Å²) in [6, 6.07) is 10.4. The van der Waals surface area contributed by atoms with Crippen molar-refractivity contribution in [1.82, 2.24) is 0 Å². The number of nitro groups is 1. The lowest BCUT2D eigenvalue weighted by Gasteiger charge is -2.20. The Morgan fingerprint density at radius 3 is 2.24 bits per heavy atom. The van der Waals surface area contributed by atoms with E-state index in [0.717, 1.165) is 16.8 Å². The minimum absolute atomic E-state index is 0.144. The van der Waals surface area contributed by atoms with Crippen molar-refractivity contribution in [2.75, 3.05) is 30.9 Å². The van der Waals surface area contributed by atoms with Gasteiger partial charge in [-0.1, -0.05) is 45.9 Å². The average molecular weight is 399 g/mol. The second-order valence-electron chi connectivity index (χ2n) is 7.48. The number of methoxy groups -OCH3 is 1. The molecule has 0 heterocycles. The molecular formula is C22H29N3O4. The van der Waals surface area contributed by atoms with E-state index < -0.39 is 4.92 Å². The molecule has 0 unspecified atom stereocenters. The molecule has 0 aliphatic heterocycles. The van der Waals surface area contributed by atoms with Gasteiger partial charge in [-0.2, -0.15) is 0 Å². The Kier molecular flexibility index (Phi) is 7.73. The quantitative estimate of drug-likeness (QED) is 0.345. The number of ether oxygens (including phenoxy) is 1. The molecule has 2 aromatic carbocycles. The molecule has 7 nitrogen and oxygen atoms in total. The molecule has 0 spiro atoms. The summed E-state index contributed by atoms with van der Waals surface area (Å²) in [5.41, 5.74) is 3.31. The Balaban J connectivity index is 2.36. The van der Waals surface area contributed by atoms with Gasteiger partial charge in [-0.05, 0) is 35.1 Å². The molecule has 156 valence electrons. The number of nitrogens with zero attached hydrogens (tertiary/aromatic N) is 1. The van der Waals surface area contributed by atoms with Crippen LogP contribution in [0, 0.1) is 10.1 Å². The molecule has 1 amide bonds. The largest absolute Gasteiger partial charge is 0.383 e. The normalized spacial score (nSPS) is 11.0. The van der Waals surface area contributed by atoms with E-state index in [-0.39, 0.29) is 29.0 Å². The van der Waals surface area contributed by atoms with Crippen LogP contribution in [0.15, 0.2) is 36.4 Å². The molecule has 0 fully saturated rings. The van der Waals surface area contributed by atoms with Gasteiger partial charge in [0.15, 0.2) is 0 Å². The summed E-state index contributed by atoms with van der Waals surface area (Å²) in [5, 5.41) is 17.4. The van der Waals surface area contributed by atoms with Gasteiger partial charge in [0.25, 0.3) is 11.6 Å². The minimum atomic E-state index is -0.493. The van der Waals surface area contributed by atoms with Crippen LogP contribution in [0.5, 0.6) is 0 Å². The van der Waals surface area contributed by atoms with Gasteiger partial charge in [0.2, 0.25) is 0 Å². The lowest BCUT2D eigenvalue weighted by Crippen LogP contribution is -2.16. The van der Waals surface area contributed by atoms with Crippen molar-refractivity contribution in [3.63, 3.8) is 0 Å². The van der Waals surface area contributed by atoms with E-state index in [2.05, 4.69) is 38.3 Å². The Hall–Kier alpha value is -2.93. The predicted octanol–water partition coefficient (Wildman–Crippen LogP) is 5.15. The first-order valence-electron chi connectivity index (χ1n) is 9.71. The maximum atomic E-state index is 12.9. The molecule has 0 aliphatic carbocycles. The Morgan fingerprint density at radius 1 is 1.10 bits per heavy atom. The Morgan fingerprint density at radius 2 is 1.72 bits per heavy atom. The second-order valence-corrected chi connectivity index (χ2v) is 7.48. The minimum Gasteiger partial charge on any atom is -0.383 e. The van der Waals surface area contributed by atoms with Crippen molar-refractivity contribution < 1.29 is 14.5 Å². The van der Waals surface area contributed by atoms with E-state index in [9.17, 15) is 14.9 Å². The number of para-hydroxylation sites is 1. The molecule has 7 heteroatoms. The fourth-order valence-electron chi connectivity index (χ4n) is 3.14. The fraction of sp³-hybridized carbons (Fsp3) is 0.409. The number of hydrogen-bond acceptors (Lipinski definition) is 5. The number of nitro benzene ring substituents is 1. The zero-order valence-corrected chi connectivity index (χ0v) is 17.6. The molecule has 2 rings (SSSR count). The van der Waals surface area contributed by atoms with Gasteiger partial charge in [-0.25, -0.2) is 0 Å². The lowest BCUT2D eigenvalue weighted by molar-refractivity contribution is -0.384. The maximum Gasteiger partial charge on any atom is 0.293 e. The summed E-state index contributed by atoms with van der Waals surface area (Å²) in [7, 11) is 1.56. The summed E-state index contributed by atoms with van der Waals surface area (Å²) >= 11 is 0. The third kappa shape index (κ3) is 5.54. The number of amides is 1. The smallest absolute Gasteiger partial charge is 0.293 e. The van der Waals surface area contributed by atoms with Crippen LogP contribution in [0.3, 0.4) is 0 Å². The van der Waals surface area contributed by atoms with Gasteiger partial charge in [0, 0.05) is 31.0 Å². The van der Waals surface area contributed by atoms with Crippen molar-refractivity contribution in [2.45, 2.75) is 39.5 Å². The first-order valence-corrected chi connectivity index (χ1v) is 9.71. The van der Waals surface area contributed by atoms with Crippen LogP contribution in [0.4, 0.5) is 17.1 Å². The highest BCUT2D eigenvalue weighted by molar-refractivity contribution is 6.06. The molecule has 2 aromatic rings. The van der Waals surface area contributed by atoms with Gasteiger partial charge in [0.1, 0.15) is 5.69 Å². The molecule has 0 saturated carbocycles. The Bertz CT molecular complexity index is 852. The number of carbonyl (C=O) groups excluding carboxylic acids is 1. The number of rotatable bonds is 9. The highest BCUT2D eigenvalue weighted by Crippen LogP contribution is 2.33. The topological polar surface area (TPSA) is 93.5 Å². The third-order valence-corrected chi connectivity index (χ3v) is 4.69. The van der Waals surface area contributed by atoms with Crippen molar-refractivity contribution in [2.24, 2.45) is 0 Å². The van der Waals surface area contributed by atoms with E-state index in [1.54, 1.807) is 19.2 Å². The third-order valence-electron chi connectivity index (χ3n) is 4.69. The summed E-state index contributed by atoms with van der Waals surface area (Å²) in [5.74, 6) is 0.0861. The molecule has 0 aliphatic rings. The molecule has 0 radical (unpaired) electrons. The van der Waals surface area contributed by atoms with Gasteiger partial charge in [-0.15, -0.1) is 0 Å². The van der Waals surface area contributed by atoms with Crippen LogP contribution in [0.2, 0.25) is 0 Å². The molecule has 0 aromatic heterocycles. The molecule has 29 heavy (non-hydrogen) atoms. The van der Waals surface area contributed by atoms with Crippen molar-refractivity contribution in [1.29, 1.82) is 0 Å². The SMILES string of the molecule is COCCNc1ccc(C(=O)Nc2c(C(C)C)cccc2C(C)C)cc1[N+](=O)[O-]. The lowest BCUT2D eigenvalue weighted by atomic mass is 9.92. The van der Waals surface area contributed by atoms with Crippen LogP contribution >= 0.6 is 0 Å². The zero-order valence-electron chi connectivity index (χ0n) is 17.6. The molecular weight excluding hydrogens is 370 g/mol. The van der Waals surface area contributed by atoms with Gasteiger partial charge < -0.3 is 15.4 Å². The van der Waals surface area contributed by atoms with E-state index in [1.165, 1.54) is 6.07 Å². The van der Waals surface area contributed by atoms with Gasteiger partial charge in [0.05, 0.1) is 11.5 Å². The molecule has 0 atom stereocenters. The Labute approximate surface area is 171 Å². The van der Waals surface area contributed by atoms with Crippen LogP contribution < -0.4 is 10.6 Å². The first-order chi connectivity index (χ1) is 13.8. The monoisotopic (exact) mass is 399 g/mol. The number of carbonyl (C=O) groups is 1. The van der Waals surface area contributed by atoms with Crippen molar-refractivity contribution in [3.05, 3.63) is 63.2 Å².